The van der Waals surface area contributed by atoms with Crippen molar-refractivity contribution in [1.82, 2.24) is 4.98 Å². The summed E-state index contributed by atoms with van der Waals surface area (Å²) in [5.41, 5.74) is 0.894. The Labute approximate surface area is 151 Å². The maximum atomic E-state index is 11.8. The van der Waals surface area contributed by atoms with Crippen LogP contribution < -0.4 is 9.47 Å². The smallest absolute Gasteiger partial charge is 0.302 e. The predicted molar refractivity (Wildman–Crippen MR) is 95.7 cm³/mol. The van der Waals surface area contributed by atoms with E-state index in [4.69, 9.17) is 9.47 Å². The highest BCUT2D eigenvalue weighted by Gasteiger charge is 2.11. The summed E-state index contributed by atoms with van der Waals surface area (Å²) >= 11 is 3.35. The molecule has 3 rings (SSSR count). The van der Waals surface area contributed by atoms with Crippen LogP contribution in [0.15, 0.2) is 57.2 Å². The number of amides is 1. The van der Waals surface area contributed by atoms with Crippen molar-refractivity contribution in [1.29, 1.82) is 0 Å². The van der Waals surface area contributed by atoms with Gasteiger partial charge in [-0.25, -0.2) is 0 Å². The van der Waals surface area contributed by atoms with Gasteiger partial charge in [-0.15, -0.1) is 10.2 Å². The Morgan fingerprint density at radius 1 is 1.20 bits per heavy atom. The van der Waals surface area contributed by atoms with E-state index in [0.29, 0.717) is 22.4 Å². The molecule has 2 N–H and O–H groups in total. The van der Waals surface area contributed by atoms with Crippen LogP contribution in [0, 0.1) is 0 Å². The van der Waals surface area contributed by atoms with E-state index in [-0.39, 0.29) is 18.2 Å². The van der Waals surface area contributed by atoms with Crippen molar-refractivity contribution in [2.45, 2.75) is 0 Å². The molecule has 25 heavy (non-hydrogen) atoms. The van der Waals surface area contributed by atoms with Crippen LogP contribution in [0.5, 0.6) is 17.4 Å². The molecule has 0 aliphatic rings. The standard InChI is InChI=1S/C17H14BrN3O4/c1-24-11-3-5-12(6-4-11)25-9-15(22)20-21-16-13-8-10(18)2-7-14(13)19-17(16)23/h2-8,19,23H,9H2,1H3. The molecule has 0 radical (unpaired) electrons. The minimum atomic E-state index is -0.570. The van der Waals surface area contributed by atoms with Crippen molar-refractivity contribution in [3.8, 4) is 17.4 Å². The molecule has 0 saturated carbocycles. The van der Waals surface area contributed by atoms with Gasteiger partial charge in [0.2, 0.25) is 5.88 Å². The number of hydrogen-bond acceptors (Lipinski definition) is 5. The van der Waals surface area contributed by atoms with Crippen LogP contribution in [-0.2, 0) is 4.79 Å². The first-order valence-corrected chi connectivity index (χ1v) is 8.08. The molecule has 0 aliphatic carbocycles. The zero-order valence-corrected chi connectivity index (χ0v) is 14.8. The molecule has 7 nitrogen and oxygen atoms in total. The minimum absolute atomic E-state index is 0.152. The summed E-state index contributed by atoms with van der Waals surface area (Å²) in [5.74, 6) is 0.489. The van der Waals surface area contributed by atoms with E-state index in [1.165, 1.54) is 0 Å². The van der Waals surface area contributed by atoms with Gasteiger partial charge in [-0.05, 0) is 42.5 Å². The number of carbonyl (C=O) groups is 1. The Morgan fingerprint density at radius 2 is 1.92 bits per heavy atom. The number of H-pyrrole nitrogens is 1. The number of methoxy groups -OCH3 is 1. The summed E-state index contributed by atoms with van der Waals surface area (Å²) in [6.45, 7) is -0.261. The molecule has 0 aliphatic heterocycles. The number of aromatic nitrogens is 1. The van der Waals surface area contributed by atoms with Crippen molar-refractivity contribution in [3.63, 3.8) is 0 Å². The number of fused-ring (bicyclic) bond motifs is 1. The quantitative estimate of drug-likeness (QED) is 0.619. The van der Waals surface area contributed by atoms with Crippen LogP contribution >= 0.6 is 15.9 Å². The first-order valence-electron chi connectivity index (χ1n) is 7.28. The van der Waals surface area contributed by atoms with Gasteiger partial charge in [0.25, 0.3) is 0 Å². The molecule has 0 bridgehead atoms. The fraction of sp³-hybridized carbons (Fsp3) is 0.118. The summed E-state index contributed by atoms with van der Waals surface area (Å²) in [6, 6.07) is 12.2. The molecule has 3 aromatic rings. The van der Waals surface area contributed by atoms with Crippen LogP contribution in [0.3, 0.4) is 0 Å². The number of halogens is 1. The number of nitrogens with zero attached hydrogens (tertiary/aromatic N) is 2. The van der Waals surface area contributed by atoms with Crippen LogP contribution in [0.4, 0.5) is 5.69 Å². The molecular formula is C17H14BrN3O4. The van der Waals surface area contributed by atoms with E-state index >= 15 is 0 Å². The number of carbonyl (C=O) groups excluding carboxylic acids is 1. The molecule has 0 saturated heterocycles. The van der Waals surface area contributed by atoms with E-state index in [0.717, 1.165) is 4.47 Å². The van der Waals surface area contributed by atoms with Gasteiger partial charge in [-0.2, -0.15) is 0 Å². The molecule has 128 valence electrons. The second kappa shape index (κ2) is 7.35. The Bertz CT molecular complexity index is 935. The van der Waals surface area contributed by atoms with E-state index in [1.807, 2.05) is 6.07 Å². The molecule has 0 atom stereocenters. The van der Waals surface area contributed by atoms with Crippen LogP contribution in [0.25, 0.3) is 10.9 Å². The lowest BCUT2D eigenvalue weighted by Crippen LogP contribution is -2.07. The monoisotopic (exact) mass is 403 g/mol. The van der Waals surface area contributed by atoms with Gasteiger partial charge >= 0.3 is 5.91 Å². The molecule has 8 heteroatoms. The summed E-state index contributed by atoms with van der Waals surface area (Å²) in [7, 11) is 1.57. The third-order valence-corrected chi connectivity index (χ3v) is 3.89. The fourth-order valence-electron chi connectivity index (χ4n) is 2.19. The Morgan fingerprint density at radius 3 is 2.64 bits per heavy atom. The highest BCUT2D eigenvalue weighted by Crippen LogP contribution is 2.36. The SMILES string of the molecule is COc1ccc(OCC(=O)N=Nc2c(O)[nH]c3ccc(Br)cc23)cc1. The van der Waals surface area contributed by atoms with Gasteiger partial charge in [0, 0.05) is 9.86 Å². The largest absolute Gasteiger partial charge is 0.497 e. The second-order valence-electron chi connectivity index (χ2n) is 5.07. The van der Waals surface area contributed by atoms with Gasteiger partial charge in [0.05, 0.1) is 12.6 Å². The third kappa shape index (κ3) is 3.97. The number of aromatic amines is 1. The van der Waals surface area contributed by atoms with Gasteiger partial charge < -0.3 is 19.6 Å². The van der Waals surface area contributed by atoms with Gasteiger partial charge in [-0.1, -0.05) is 15.9 Å². The molecule has 0 fully saturated rings. The lowest BCUT2D eigenvalue weighted by atomic mass is 10.2. The number of azo groups is 1. The molecule has 0 unspecified atom stereocenters. The Kier molecular flexibility index (Phi) is 4.99. The van der Waals surface area contributed by atoms with Crippen molar-refractivity contribution < 1.29 is 19.4 Å². The van der Waals surface area contributed by atoms with E-state index in [1.54, 1.807) is 43.5 Å². The maximum absolute atomic E-state index is 11.8. The third-order valence-electron chi connectivity index (χ3n) is 3.40. The molecule has 1 amide bonds. The number of ether oxygens (including phenoxy) is 2. The first-order chi connectivity index (χ1) is 12.1. The number of rotatable bonds is 5. The molecule has 2 aromatic carbocycles. The zero-order valence-electron chi connectivity index (χ0n) is 13.2. The first kappa shape index (κ1) is 17.0. The molecular weight excluding hydrogens is 390 g/mol. The van der Waals surface area contributed by atoms with Crippen LogP contribution in [-0.4, -0.2) is 29.7 Å². The van der Waals surface area contributed by atoms with E-state index in [2.05, 4.69) is 31.1 Å². The number of aromatic hydroxyl groups is 1. The average Bonchev–Trinajstić information content (AvgIpc) is 2.93. The summed E-state index contributed by atoms with van der Waals surface area (Å²) in [5, 5.41) is 18.0. The highest BCUT2D eigenvalue weighted by molar-refractivity contribution is 9.10. The number of hydrogen-bond donors (Lipinski definition) is 2. The van der Waals surface area contributed by atoms with Crippen molar-refractivity contribution in [3.05, 3.63) is 46.9 Å². The normalized spacial score (nSPS) is 11.1. The average molecular weight is 404 g/mol. The molecule has 0 spiro atoms. The van der Waals surface area contributed by atoms with Crippen molar-refractivity contribution in [2.24, 2.45) is 10.2 Å². The number of nitrogens with one attached hydrogen (secondary N) is 1. The lowest BCUT2D eigenvalue weighted by molar-refractivity contribution is -0.120. The summed E-state index contributed by atoms with van der Waals surface area (Å²) in [6.07, 6.45) is 0. The Balaban J connectivity index is 1.68. The van der Waals surface area contributed by atoms with Crippen LogP contribution in [0.1, 0.15) is 0 Å². The van der Waals surface area contributed by atoms with E-state index < -0.39 is 5.91 Å². The summed E-state index contributed by atoms with van der Waals surface area (Å²) in [4.78, 5) is 14.6. The Hall–Kier alpha value is -2.87. The second-order valence-corrected chi connectivity index (χ2v) is 5.99. The number of benzene rings is 2. The zero-order chi connectivity index (χ0) is 17.8. The van der Waals surface area contributed by atoms with Gasteiger partial charge in [0.1, 0.15) is 11.5 Å². The summed E-state index contributed by atoms with van der Waals surface area (Å²) < 4.78 is 11.2. The topological polar surface area (TPSA) is 96.3 Å². The van der Waals surface area contributed by atoms with E-state index in [9.17, 15) is 9.90 Å². The maximum Gasteiger partial charge on any atom is 0.302 e. The predicted octanol–water partition coefficient (Wildman–Crippen LogP) is 4.33. The van der Waals surface area contributed by atoms with Gasteiger partial charge in [0.15, 0.2) is 12.3 Å². The molecule has 1 heterocycles. The fourth-order valence-corrected chi connectivity index (χ4v) is 2.55. The molecule has 1 aromatic heterocycles. The highest BCUT2D eigenvalue weighted by atomic mass is 79.9. The minimum Gasteiger partial charge on any atom is -0.497 e. The lowest BCUT2D eigenvalue weighted by Gasteiger charge is -2.04. The van der Waals surface area contributed by atoms with Gasteiger partial charge in [-0.3, -0.25) is 4.79 Å². The van der Waals surface area contributed by atoms with Crippen LogP contribution in [0.2, 0.25) is 0 Å². The van der Waals surface area contributed by atoms with Crippen molar-refractivity contribution >= 4 is 38.4 Å². The van der Waals surface area contributed by atoms with Crippen molar-refractivity contribution in [2.75, 3.05) is 13.7 Å².